The summed E-state index contributed by atoms with van der Waals surface area (Å²) in [7, 11) is 0. The summed E-state index contributed by atoms with van der Waals surface area (Å²) in [5.74, 6) is 0.390. The topological polar surface area (TPSA) is 92.4 Å². The molecule has 1 aliphatic carbocycles. The molecule has 1 saturated carbocycles. The predicted molar refractivity (Wildman–Crippen MR) is 109 cm³/mol. The highest BCUT2D eigenvalue weighted by molar-refractivity contribution is 5.78. The number of nitrogens with one attached hydrogen (secondary N) is 1. The normalized spacial score (nSPS) is 26.2. The molecule has 1 fully saturated rings. The van der Waals surface area contributed by atoms with Gasteiger partial charge in [-0.1, -0.05) is 0 Å². The molecule has 1 aromatic carbocycles. The zero-order chi connectivity index (χ0) is 21.0. The van der Waals surface area contributed by atoms with Crippen LogP contribution in [0.25, 0.3) is 11.0 Å². The summed E-state index contributed by atoms with van der Waals surface area (Å²) in [4.78, 5) is 8.57. The molecule has 4 atom stereocenters. The van der Waals surface area contributed by atoms with E-state index in [1.165, 1.54) is 6.33 Å². The first-order valence-electron chi connectivity index (χ1n) is 10.3. The van der Waals surface area contributed by atoms with E-state index < -0.39 is 18.3 Å². The van der Waals surface area contributed by atoms with Gasteiger partial charge in [0.05, 0.1) is 11.7 Å². The minimum absolute atomic E-state index is 0.183. The van der Waals surface area contributed by atoms with Crippen molar-refractivity contribution >= 4 is 11.0 Å². The Labute approximate surface area is 173 Å². The second-order valence-electron chi connectivity index (χ2n) is 8.25. The van der Waals surface area contributed by atoms with E-state index in [0.29, 0.717) is 36.3 Å². The maximum absolute atomic E-state index is 14.6. The summed E-state index contributed by atoms with van der Waals surface area (Å²) in [5.41, 5.74) is 3.58. The van der Waals surface area contributed by atoms with Gasteiger partial charge < -0.3 is 24.8 Å². The number of hydrogen-bond acceptors (Lipinski definition) is 6. The van der Waals surface area contributed by atoms with E-state index in [1.807, 2.05) is 23.8 Å². The zero-order valence-electron chi connectivity index (χ0n) is 17.0. The van der Waals surface area contributed by atoms with Crippen LogP contribution in [0.3, 0.4) is 0 Å². The van der Waals surface area contributed by atoms with Gasteiger partial charge in [-0.2, -0.15) is 0 Å². The lowest BCUT2D eigenvalue weighted by Crippen LogP contribution is -2.35. The van der Waals surface area contributed by atoms with Crippen LogP contribution in [0.4, 0.5) is 4.39 Å². The third kappa shape index (κ3) is 2.98. The second kappa shape index (κ2) is 7.30. The minimum Gasteiger partial charge on any atom is -0.487 e. The van der Waals surface area contributed by atoms with Gasteiger partial charge in [-0.05, 0) is 50.1 Å². The highest BCUT2D eigenvalue weighted by Gasteiger charge is 2.44. The van der Waals surface area contributed by atoms with Crippen LogP contribution in [-0.2, 0) is 13.0 Å². The molecule has 5 rings (SSSR count). The van der Waals surface area contributed by atoms with Crippen LogP contribution in [0.2, 0.25) is 0 Å². The molecule has 7 nitrogen and oxygen atoms in total. The van der Waals surface area contributed by atoms with E-state index >= 15 is 0 Å². The SMILES string of the molecule is Cc1cc(OC2CC(n3ccc4c(C)ncnc43)[C@H](O)[C@@H]2O)c2c(c1F)CCNC2. The molecule has 0 saturated heterocycles. The van der Waals surface area contributed by atoms with E-state index in [1.54, 1.807) is 13.0 Å². The Kier molecular flexibility index (Phi) is 4.72. The first-order chi connectivity index (χ1) is 14.5. The number of rotatable bonds is 3. The number of benzene rings is 1. The van der Waals surface area contributed by atoms with Gasteiger partial charge in [0.1, 0.15) is 41.9 Å². The van der Waals surface area contributed by atoms with E-state index in [2.05, 4.69) is 15.3 Å². The first-order valence-corrected chi connectivity index (χ1v) is 10.3. The third-order valence-corrected chi connectivity index (χ3v) is 6.42. The zero-order valence-corrected chi connectivity index (χ0v) is 17.0. The van der Waals surface area contributed by atoms with Crippen molar-refractivity contribution in [1.29, 1.82) is 0 Å². The molecule has 0 spiro atoms. The number of aryl methyl sites for hydroxylation is 2. The number of hydrogen-bond donors (Lipinski definition) is 3. The van der Waals surface area contributed by atoms with Gasteiger partial charge in [-0.15, -0.1) is 0 Å². The fraction of sp³-hybridized carbons (Fsp3) is 0.455. The molecule has 3 heterocycles. The maximum Gasteiger partial charge on any atom is 0.143 e. The Morgan fingerprint density at radius 3 is 2.87 bits per heavy atom. The number of aliphatic hydroxyl groups is 2. The molecular formula is C22H25FN4O3. The Hall–Kier alpha value is -2.55. The van der Waals surface area contributed by atoms with Crippen LogP contribution in [0.5, 0.6) is 5.75 Å². The molecule has 3 N–H and O–H groups in total. The summed E-state index contributed by atoms with van der Waals surface area (Å²) in [5, 5.41) is 25.7. The lowest BCUT2D eigenvalue weighted by molar-refractivity contribution is -0.0166. The smallest absolute Gasteiger partial charge is 0.143 e. The van der Waals surface area contributed by atoms with E-state index in [4.69, 9.17) is 4.74 Å². The van der Waals surface area contributed by atoms with Crippen LogP contribution in [-0.4, -0.2) is 49.6 Å². The lowest BCUT2D eigenvalue weighted by Gasteiger charge is -2.25. The van der Waals surface area contributed by atoms with Crippen molar-refractivity contribution in [2.75, 3.05) is 6.54 Å². The molecule has 0 bridgehead atoms. The van der Waals surface area contributed by atoms with Crippen LogP contribution < -0.4 is 10.1 Å². The third-order valence-electron chi connectivity index (χ3n) is 6.42. The Morgan fingerprint density at radius 1 is 1.20 bits per heavy atom. The number of fused-ring (bicyclic) bond motifs is 2. The van der Waals surface area contributed by atoms with Gasteiger partial charge in [-0.3, -0.25) is 0 Å². The van der Waals surface area contributed by atoms with Gasteiger partial charge in [0.2, 0.25) is 0 Å². The second-order valence-corrected chi connectivity index (χ2v) is 8.25. The number of ether oxygens (including phenoxy) is 1. The fourth-order valence-electron chi connectivity index (χ4n) is 4.74. The standard InChI is InChI=1S/C22H25FN4O3/c1-11-7-17(15-9-24-5-3-14(15)19(11)23)30-18-8-16(20(28)21(18)29)27-6-4-13-12(2)25-10-26-22(13)27/h4,6-7,10,16,18,20-21,24,28-29H,3,5,8-9H2,1-2H3/t16?,18?,20-,21+/m0/s1. The average molecular weight is 412 g/mol. The largest absolute Gasteiger partial charge is 0.487 e. The molecule has 0 radical (unpaired) electrons. The van der Waals surface area contributed by atoms with Crippen molar-refractivity contribution in [3.8, 4) is 5.75 Å². The van der Waals surface area contributed by atoms with E-state index in [9.17, 15) is 14.6 Å². The molecule has 2 aliphatic rings. The van der Waals surface area contributed by atoms with E-state index in [-0.39, 0.29) is 11.9 Å². The van der Waals surface area contributed by atoms with Gasteiger partial charge in [-0.25, -0.2) is 14.4 Å². The molecule has 1 aliphatic heterocycles. The summed E-state index contributed by atoms with van der Waals surface area (Å²) in [6.07, 6.45) is 1.70. The Bertz CT molecular complexity index is 1120. The molecule has 8 heteroatoms. The Morgan fingerprint density at radius 2 is 2.03 bits per heavy atom. The quantitative estimate of drug-likeness (QED) is 0.609. The maximum atomic E-state index is 14.6. The van der Waals surface area contributed by atoms with Crippen molar-refractivity contribution in [3.63, 3.8) is 0 Å². The predicted octanol–water partition coefficient (Wildman–Crippen LogP) is 1.95. The summed E-state index contributed by atoms with van der Waals surface area (Å²) >= 11 is 0. The van der Waals surface area contributed by atoms with E-state index in [0.717, 1.165) is 28.8 Å². The van der Waals surface area contributed by atoms with Crippen molar-refractivity contribution in [2.45, 2.75) is 57.6 Å². The molecule has 30 heavy (non-hydrogen) atoms. The average Bonchev–Trinajstić information content (AvgIpc) is 3.29. The minimum atomic E-state index is -1.06. The first kappa shape index (κ1) is 19.4. The molecular weight excluding hydrogens is 387 g/mol. The number of aliphatic hydroxyl groups excluding tert-OH is 2. The fourth-order valence-corrected chi connectivity index (χ4v) is 4.74. The molecule has 158 valence electrons. The number of aromatic nitrogens is 3. The monoisotopic (exact) mass is 412 g/mol. The van der Waals surface area contributed by atoms with Crippen LogP contribution in [0, 0.1) is 19.7 Å². The summed E-state index contributed by atoms with van der Waals surface area (Å²) in [6, 6.07) is 3.23. The van der Waals surface area contributed by atoms with Crippen LogP contribution in [0.1, 0.15) is 34.8 Å². The number of nitrogens with zero attached hydrogens (tertiary/aromatic N) is 3. The lowest BCUT2D eigenvalue weighted by atomic mass is 9.96. The highest BCUT2D eigenvalue weighted by atomic mass is 19.1. The van der Waals surface area contributed by atoms with Gasteiger partial charge in [0.15, 0.2) is 0 Å². The van der Waals surface area contributed by atoms with Crippen molar-refractivity contribution in [1.82, 2.24) is 19.9 Å². The van der Waals surface area contributed by atoms with Crippen molar-refractivity contribution in [3.05, 3.63) is 52.9 Å². The molecule has 2 unspecified atom stereocenters. The molecule has 2 aromatic heterocycles. The van der Waals surface area contributed by atoms with Crippen molar-refractivity contribution < 1.29 is 19.3 Å². The van der Waals surface area contributed by atoms with Gasteiger partial charge in [0, 0.05) is 30.1 Å². The molecule has 3 aromatic rings. The number of halogens is 1. The highest BCUT2D eigenvalue weighted by Crippen LogP contribution is 2.38. The Balaban J connectivity index is 1.46. The summed E-state index contributed by atoms with van der Waals surface area (Å²) in [6.45, 7) is 4.88. The molecule has 0 amide bonds. The van der Waals surface area contributed by atoms with Gasteiger partial charge in [0.25, 0.3) is 0 Å². The van der Waals surface area contributed by atoms with Crippen LogP contribution in [0.15, 0.2) is 24.7 Å². The van der Waals surface area contributed by atoms with Gasteiger partial charge >= 0.3 is 0 Å². The summed E-state index contributed by atoms with van der Waals surface area (Å²) < 4.78 is 22.6. The van der Waals surface area contributed by atoms with Crippen molar-refractivity contribution in [2.24, 2.45) is 0 Å². The van der Waals surface area contributed by atoms with Crippen LogP contribution >= 0.6 is 0 Å².